The van der Waals surface area contributed by atoms with Gasteiger partial charge in [0.1, 0.15) is 0 Å². The van der Waals surface area contributed by atoms with Gasteiger partial charge in [0.05, 0.1) is 19.3 Å². The molecule has 4 rings (SSSR count). The maximum atomic E-state index is 12.7. The molecule has 5 heteroatoms. The van der Waals surface area contributed by atoms with Crippen LogP contribution in [0, 0.1) is 5.92 Å². The predicted octanol–water partition coefficient (Wildman–Crippen LogP) is 2.32. The van der Waals surface area contributed by atoms with Gasteiger partial charge in [0.2, 0.25) is 0 Å². The zero-order valence-corrected chi connectivity index (χ0v) is 13.0. The van der Waals surface area contributed by atoms with Crippen molar-refractivity contribution in [3.63, 3.8) is 0 Å². The van der Waals surface area contributed by atoms with Crippen LogP contribution >= 0.6 is 0 Å². The number of hydrogen-bond donors (Lipinski definition) is 1. The van der Waals surface area contributed by atoms with Crippen LogP contribution in [0.15, 0.2) is 18.2 Å². The van der Waals surface area contributed by atoms with Crippen LogP contribution in [-0.2, 0) is 11.2 Å². The molecule has 22 heavy (non-hydrogen) atoms. The van der Waals surface area contributed by atoms with Crippen molar-refractivity contribution in [2.75, 3.05) is 43.6 Å². The minimum absolute atomic E-state index is 0.0307. The zero-order chi connectivity index (χ0) is 15.1. The van der Waals surface area contributed by atoms with Gasteiger partial charge in [-0.15, -0.1) is 0 Å². The highest BCUT2D eigenvalue weighted by atomic mass is 16.5. The molecule has 0 spiro atoms. The summed E-state index contributed by atoms with van der Waals surface area (Å²) in [6.45, 7) is 3.05. The van der Waals surface area contributed by atoms with E-state index in [-0.39, 0.29) is 12.1 Å². The smallest absolute Gasteiger partial charge is 0.322 e. The lowest BCUT2D eigenvalue weighted by Gasteiger charge is -2.36. The summed E-state index contributed by atoms with van der Waals surface area (Å²) in [6.07, 6.45) is 3.45. The normalized spacial score (nSPS) is 24.3. The molecule has 118 valence electrons. The van der Waals surface area contributed by atoms with Crippen molar-refractivity contribution >= 4 is 17.4 Å². The van der Waals surface area contributed by atoms with Crippen molar-refractivity contribution < 1.29 is 9.53 Å². The van der Waals surface area contributed by atoms with E-state index in [1.54, 1.807) is 0 Å². The SMILES string of the molecule is CN1CCc2c(NC(=O)N3CCOC[C@H]3C3CC3)cccc21. The molecule has 3 aliphatic rings. The predicted molar refractivity (Wildman–Crippen MR) is 86.5 cm³/mol. The number of nitrogens with zero attached hydrogens (tertiary/aromatic N) is 2. The average molecular weight is 301 g/mol. The summed E-state index contributed by atoms with van der Waals surface area (Å²) in [4.78, 5) is 17.0. The molecule has 0 radical (unpaired) electrons. The van der Waals surface area contributed by atoms with Crippen LogP contribution in [0.1, 0.15) is 18.4 Å². The minimum atomic E-state index is 0.0307. The molecule has 1 saturated carbocycles. The molecule has 2 amide bonds. The zero-order valence-electron chi connectivity index (χ0n) is 13.0. The Morgan fingerprint density at radius 2 is 2.18 bits per heavy atom. The fraction of sp³-hybridized carbons (Fsp3) is 0.588. The molecule has 1 N–H and O–H groups in total. The Kier molecular flexibility index (Phi) is 3.45. The third kappa shape index (κ3) is 2.43. The number of ether oxygens (including phenoxy) is 1. The Morgan fingerprint density at radius 3 is 3.00 bits per heavy atom. The summed E-state index contributed by atoms with van der Waals surface area (Å²) in [7, 11) is 2.10. The number of amides is 2. The number of hydrogen-bond acceptors (Lipinski definition) is 3. The van der Waals surface area contributed by atoms with E-state index in [4.69, 9.17) is 4.74 Å². The van der Waals surface area contributed by atoms with E-state index in [1.807, 2.05) is 17.0 Å². The van der Waals surface area contributed by atoms with Crippen LogP contribution in [-0.4, -0.2) is 50.3 Å². The Hall–Kier alpha value is -1.75. The summed E-state index contributed by atoms with van der Waals surface area (Å²) in [5.74, 6) is 0.638. The second-order valence-electron chi connectivity index (χ2n) is 6.58. The first-order valence-electron chi connectivity index (χ1n) is 8.22. The fourth-order valence-corrected chi connectivity index (χ4v) is 3.65. The lowest BCUT2D eigenvalue weighted by Crippen LogP contribution is -2.51. The van der Waals surface area contributed by atoms with Crippen LogP contribution in [0.25, 0.3) is 0 Å². The molecule has 1 saturated heterocycles. The number of nitrogens with one attached hydrogen (secondary N) is 1. The number of morpholine rings is 1. The molecule has 1 aromatic rings. The number of fused-ring (bicyclic) bond motifs is 1. The van der Waals surface area contributed by atoms with E-state index in [0.29, 0.717) is 25.7 Å². The quantitative estimate of drug-likeness (QED) is 0.912. The summed E-state index contributed by atoms with van der Waals surface area (Å²) < 4.78 is 5.57. The first kappa shape index (κ1) is 13.9. The standard InChI is InChI=1S/C17H23N3O2/c1-19-8-7-13-14(3-2-4-15(13)19)18-17(21)20-9-10-22-11-16(20)12-5-6-12/h2-4,12,16H,5-11H2,1H3,(H,18,21)/t16-/m0/s1. The van der Waals surface area contributed by atoms with Gasteiger partial charge >= 0.3 is 6.03 Å². The van der Waals surface area contributed by atoms with Gasteiger partial charge < -0.3 is 19.9 Å². The molecular formula is C17H23N3O2. The number of likely N-dealkylation sites (N-methyl/N-ethyl adjacent to an activating group) is 1. The molecule has 0 unspecified atom stereocenters. The third-order valence-corrected chi connectivity index (χ3v) is 5.09. The van der Waals surface area contributed by atoms with Gasteiger partial charge in [-0.2, -0.15) is 0 Å². The minimum Gasteiger partial charge on any atom is -0.377 e. The maximum Gasteiger partial charge on any atom is 0.322 e. The van der Waals surface area contributed by atoms with Gasteiger partial charge in [0.25, 0.3) is 0 Å². The number of anilines is 2. The van der Waals surface area contributed by atoms with Crippen LogP contribution in [0.3, 0.4) is 0 Å². The van der Waals surface area contributed by atoms with Crippen molar-refractivity contribution in [2.45, 2.75) is 25.3 Å². The van der Waals surface area contributed by atoms with Crippen molar-refractivity contribution in [3.05, 3.63) is 23.8 Å². The van der Waals surface area contributed by atoms with Crippen LogP contribution in [0.4, 0.5) is 16.2 Å². The van der Waals surface area contributed by atoms with Gasteiger partial charge in [0.15, 0.2) is 0 Å². The summed E-state index contributed by atoms with van der Waals surface area (Å²) >= 11 is 0. The molecule has 1 aromatic carbocycles. The van der Waals surface area contributed by atoms with Gasteiger partial charge in [-0.3, -0.25) is 0 Å². The number of urea groups is 1. The molecule has 0 bridgehead atoms. The molecular weight excluding hydrogens is 278 g/mol. The van der Waals surface area contributed by atoms with Gasteiger partial charge in [0, 0.05) is 37.1 Å². The first-order valence-corrected chi connectivity index (χ1v) is 8.22. The van der Waals surface area contributed by atoms with E-state index >= 15 is 0 Å². The first-order chi connectivity index (χ1) is 10.7. The van der Waals surface area contributed by atoms with Crippen molar-refractivity contribution in [1.82, 2.24) is 4.90 Å². The highest BCUT2D eigenvalue weighted by Crippen LogP contribution is 2.37. The number of rotatable bonds is 2. The Bertz CT molecular complexity index is 585. The Balaban J connectivity index is 1.52. The number of benzene rings is 1. The lowest BCUT2D eigenvalue weighted by molar-refractivity contribution is 0.00772. The topological polar surface area (TPSA) is 44.8 Å². The molecule has 0 aromatic heterocycles. The number of carbonyl (C=O) groups is 1. The van der Waals surface area contributed by atoms with Crippen molar-refractivity contribution in [3.8, 4) is 0 Å². The highest BCUT2D eigenvalue weighted by molar-refractivity contribution is 5.92. The molecule has 1 atom stereocenters. The second-order valence-corrected chi connectivity index (χ2v) is 6.58. The Labute approximate surface area is 131 Å². The molecule has 1 aliphatic carbocycles. The number of carbonyl (C=O) groups excluding carboxylic acids is 1. The third-order valence-electron chi connectivity index (χ3n) is 5.09. The van der Waals surface area contributed by atoms with Gasteiger partial charge in [-0.05, 0) is 37.3 Å². The van der Waals surface area contributed by atoms with Crippen molar-refractivity contribution in [2.24, 2.45) is 5.92 Å². The van der Waals surface area contributed by atoms with E-state index in [2.05, 4.69) is 23.3 Å². The summed E-state index contributed by atoms with van der Waals surface area (Å²) in [5, 5.41) is 3.15. The molecule has 2 aliphatic heterocycles. The Morgan fingerprint density at radius 1 is 1.32 bits per heavy atom. The molecule has 5 nitrogen and oxygen atoms in total. The van der Waals surface area contributed by atoms with E-state index < -0.39 is 0 Å². The van der Waals surface area contributed by atoms with E-state index in [0.717, 1.165) is 18.7 Å². The van der Waals surface area contributed by atoms with Crippen LogP contribution < -0.4 is 10.2 Å². The molecule has 2 heterocycles. The van der Waals surface area contributed by atoms with Gasteiger partial charge in [-0.25, -0.2) is 4.79 Å². The largest absolute Gasteiger partial charge is 0.377 e. The second kappa shape index (κ2) is 5.47. The van der Waals surface area contributed by atoms with Crippen molar-refractivity contribution in [1.29, 1.82) is 0 Å². The summed E-state index contributed by atoms with van der Waals surface area (Å²) in [6, 6.07) is 6.45. The lowest BCUT2D eigenvalue weighted by atomic mass is 10.1. The van der Waals surface area contributed by atoms with E-state index in [9.17, 15) is 4.79 Å². The van der Waals surface area contributed by atoms with Crippen LogP contribution in [0.5, 0.6) is 0 Å². The maximum absolute atomic E-state index is 12.7. The monoisotopic (exact) mass is 301 g/mol. The van der Waals surface area contributed by atoms with Crippen LogP contribution in [0.2, 0.25) is 0 Å². The highest BCUT2D eigenvalue weighted by Gasteiger charge is 2.39. The van der Waals surface area contributed by atoms with E-state index in [1.165, 1.54) is 24.1 Å². The molecule has 2 fully saturated rings. The fourth-order valence-electron chi connectivity index (χ4n) is 3.65. The average Bonchev–Trinajstić information content (AvgIpc) is 3.32. The summed E-state index contributed by atoms with van der Waals surface area (Å²) in [5.41, 5.74) is 3.46. The van der Waals surface area contributed by atoms with Gasteiger partial charge in [-0.1, -0.05) is 6.07 Å².